The zero-order chi connectivity index (χ0) is 22.6. The van der Waals surface area contributed by atoms with Gasteiger partial charge in [-0.15, -0.1) is 13.2 Å². The minimum absolute atomic E-state index is 0.301. The number of rotatable bonds is 8. The fourth-order valence-electron chi connectivity index (χ4n) is 3.77. The molecule has 3 rings (SSSR count). The standard InChI is InChI=1S/C25H27N3O3/c1-5-14-27(15-6-2)22(29)17-28-23(30)25(26-24(28)31,20-10-8-7-9-11-20)21-13-12-18(3)19(4)16-21/h5-13,16H,1-2,14-15,17H2,3-4H3,(H,26,31)/t25-/m0/s1. The molecule has 2 aromatic carbocycles. The first-order valence-corrected chi connectivity index (χ1v) is 10.1. The summed E-state index contributed by atoms with van der Waals surface area (Å²) in [6.45, 7) is 11.5. The van der Waals surface area contributed by atoms with E-state index in [9.17, 15) is 14.4 Å². The number of carbonyl (C=O) groups excluding carboxylic acids is 3. The molecule has 160 valence electrons. The summed E-state index contributed by atoms with van der Waals surface area (Å²) in [5.41, 5.74) is 2.00. The van der Waals surface area contributed by atoms with Crippen molar-refractivity contribution < 1.29 is 14.4 Å². The van der Waals surface area contributed by atoms with E-state index in [0.29, 0.717) is 24.2 Å². The van der Waals surface area contributed by atoms with Crippen molar-refractivity contribution >= 4 is 17.8 Å². The Hall–Kier alpha value is -3.67. The summed E-state index contributed by atoms with van der Waals surface area (Å²) < 4.78 is 0. The maximum absolute atomic E-state index is 13.7. The van der Waals surface area contributed by atoms with Gasteiger partial charge < -0.3 is 10.2 Å². The van der Waals surface area contributed by atoms with Gasteiger partial charge in [0.2, 0.25) is 5.91 Å². The van der Waals surface area contributed by atoms with E-state index < -0.39 is 17.5 Å². The van der Waals surface area contributed by atoms with Crippen molar-refractivity contribution in [2.45, 2.75) is 19.4 Å². The first kappa shape index (κ1) is 22.0. The van der Waals surface area contributed by atoms with Gasteiger partial charge in [0.1, 0.15) is 6.54 Å². The van der Waals surface area contributed by atoms with E-state index in [1.807, 2.05) is 50.2 Å². The minimum atomic E-state index is -1.39. The molecule has 1 atom stereocenters. The highest BCUT2D eigenvalue weighted by Crippen LogP contribution is 2.36. The predicted molar refractivity (Wildman–Crippen MR) is 120 cm³/mol. The SMILES string of the molecule is C=CCN(CC=C)C(=O)CN1C(=O)N[C@@](c2ccccc2)(c2ccc(C)c(C)c2)C1=O. The van der Waals surface area contributed by atoms with Gasteiger partial charge in [0, 0.05) is 13.1 Å². The molecule has 0 aromatic heterocycles. The lowest BCUT2D eigenvalue weighted by Crippen LogP contribution is -2.46. The summed E-state index contributed by atoms with van der Waals surface area (Å²) in [7, 11) is 0. The lowest BCUT2D eigenvalue weighted by atomic mass is 9.81. The summed E-state index contributed by atoms with van der Waals surface area (Å²) in [4.78, 5) is 42.0. The number of urea groups is 1. The third-order valence-electron chi connectivity index (χ3n) is 5.60. The lowest BCUT2D eigenvalue weighted by Gasteiger charge is -2.29. The molecule has 0 saturated carbocycles. The van der Waals surface area contributed by atoms with Crippen LogP contribution in [0.1, 0.15) is 22.3 Å². The third kappa shape index (κ3) is 4.01. The van der Waals surface area contributed by atoms with Crippen LogP contribution in [0.4, 0.5) is 4.79 Å². The maximum atomic E-state index is 13.7. The molecule has 31 heavy (non-hydrogen) atoms. The van der Waals surface area contributed by atoms with Crippen LogP contribution < -0.4 is 5.32 Å². The number of nitrogens with zero attached hydrogens (tertiary/aromatic N) is 2. The van der Waals surface area contributed by atoms with Crippen LogP contribution in [-0.4, -0.2) is 47.3 Å². The first-order chi connectivity index (χ1) is 14.8. The predicted octanol–water partition coefficient (Wildman–Crippen LogP) is 3.30. The third-order valence-corrected chi connectivity index (χ3v) is 5.60. The summed E-state index contributed by atoms with van der Waals surface area (Å²) in [6.07, 6.45) is 3.19. The van der Waals surface area contributed by atoms with Crippen molar-refractivity contribution in [3.63, 3.8) is 0 Å². The van der Waals surface area contributed by atoms with Gasteiger partial charge in [0.15, 0.2) is 5.54 Å². The van der Waals surface area contributed by atoms with Crippen LogP contribution in [0.2, 0.25) is 0 Å². The van der Waals surface area contributed by atoms with Gasteiger partial charge in [0.05, 0.1) is 0 Å². The highest BCUT2D eigenvalue weighted by atomic mass is 16.2. The van der Waals surface area contributed by atoms with E-state index in [4.69, 9.17) is 0 Å². The molecule has 0 bridgehead atoms. The average molecular weight is 418 g/mol. The molecule has 1 aliphatic heterocycles. The molecule has 1 saturated heterocycles. The Bertz CT molecular complexity index is 1020. The molecule has 0 radical (unpaired) electrons. The van der Waals surface area contributed by atoms with E-state index in [1.54, 1.807) is 24.3 Å². The van der Waals surface area contributed by atoms with Gasteiger partial charge in [0.25, 0.3) is 5.91 Å². The number of benzene rings is 2. The molecule has 4 amide bonds. The topological polar surface area (TPSA) is 69.7 Å². The molecule has 0 unspecified atom stereocenters. The zero-order valence-corrected chi connectivity index (χ0v) is 17.9. The van der Waals surface area contributed by atoms with Crippen LogP contribution in [0.5, 0.6) is 0 Å². The first-order valence-electron chi connectivity index (χ1n) is 10.1. The smallest absolute Gasteiger partial charge is 0.326 e. The molecule has 0 spiro atoms. The number of hydrogen-bond donors (Lipinski definition) is 1. The van der Waals surface area contributed by atoms with Gasteiger partial charge in [-0.2, -0.15) is 0 Å². The number of amides is 4. The Labute approximate surface area is 182 Å². The molecule has 1 fully saturated rings. The van der Waals surface area contributed by atoms with Crippen molar-refractivity contribution in [2.24, 2.45) is 0 Å². The van der Waals surface area contributed by atoms with Crippen molar-refractivity contribution in [3.8, 4) is 0 Å². The molecule has 1 aliphatic rings. The highest BCUT2D eigenvalue weighted by Gasteiger charge is 2.54. The van der Waals surface area contributed by atoms with Crippen molar-refractivity contribution in [3.05, 3.63) is 96.1 Å². The number of nitrogens with one attached hydrogen (secondary N) is 1. The van der Waals surface area contributed by atoms with Crippen molar-refractivity contribution in [1.29, 1.82) is 0 Å². The van der Waals surface area contributed by atoms with E-state index in [0.717, 1.165) is 16.0 Å². The molecule has 1 heterocycles. The van der Waals surface area contributed by atoms with E-state index in [2.05, 4.69) is 18.5 Å². The molecular weight excluding hydrogens is 390 g/mol. The van der Waals surface area contributed by atoms with Gasteiger partial charge in [-0.3, -0.25) is 14.5 Å². The monoisotopic (exact) mass is 417 g/mol. The number of hydrogen-bond acceptors (Lipinski definition) is 3. The van der Waals surface area contributed by atoms with Crippen LogP contribution >= 0.6 is 0 Å². The quantitative estimate of drug-likeness (QED) is 0.529. The second-order valence-electron chi connectivity index (χ2n) is 7.61. The molecular formula is C25H27N3O3. The Balaban J connectivity index is 2.04. The minimum Gasteiger partial charge on any atom is -0.334 e. The largest absolute Gasteiger partial charge is 0.334 e. The van der Waals surface area contributed by atoms with E-state index in [-0.39, 0.29) is 12.5 Å². The maximum Gasteiger partial charge on any atom is 0.326 e. The second-order valence-corrected chi connectivity index (χ2v) is 7.61. The molecule has 2 aromatic rings. The van der Waals surface area contributed by atoms with Crippen LogP contribution in [0, 0.1) is 13.8 Å². The fraction of sp³-hybridized carbons (Fsp3) is 0.240. The lowest BCUT2D eigenvalue weighted by molar-refractivity contribution is -0.138. The fourth-order valence-corrected chi connectivity index (χ4v) is 3.77. The normalized spacial score (nSPS) is 17.9. The summed E-state index contributed by atoms with van der Waals surface area (Å²) >= 11 is 0. The van der Waals surface area contributed by atoms with Gasteiger partial charge in [-0.05, 0) is 36.1 Å². The van der Waals surface area contributed by atoms with Crippen LogP contribution in [0.25, 0.3) is 0 Å². The summed E-state index contributed by atoms with van der Waals surface area (Å²) in [5.74, 6) is -0.829. The molecule has 6 heteroatoms. The van der Waals surface area contributed by atoms with Crippen molar-refractivity contribution in [2.75, 3.05) is 19.6 Å². The van der Waals surface area contributed by atoms with Crippen molar-refractivity contribution in [1.82, 2.24) is 15.1 Å². The summed E-state index contributed by atoms with van der Waals surface area (Å²) in [5, 5.41) is 2.88. The van der Waals surface area contributed by atoms with Crippen LogP contribution in [0.15, 0.2) is 73.8 Å². The highest BCUT2D eigenvalue weighted by molar-refractivity contribution is 6.11. The van der Waals surface area contributed by atoms with Crippen LogP contribution in [-0.2, 0) is 15.1 Å². The second kappa shape index (κ2) is 9.00. The molecule has 6 nitrogen and oxygen atoms in total. The van der Waals surface area contributed by atoms with Gasteiger partial charge in [-0.25, -0.2) is 4.79 Å². The van der Waals surface area contributed by atoms with Crippen LogP contribution in [0.3, 0.4) is 0 Å². The molecule has 1 N–H and O–H groups in total. The van der Waals surface area contributed by atoms with Gasteiger partial charge >= 0.3 is 6.03 Å². The number of aryl methyl sites for hydroxylation is 2. The number of imide groups is 1. The van der Waals surface area contributed by atoms with Gasteiger partial charge in [-0.1, -0.05) is 60.7 Å². The molecule has 0 aliphatic carbocycles. The average Bonchev–Trinajstić information content (AvgIpc) is 3.01. The number of carbonyl (C=O) groups is 3. The summed E-state index contributed by atoms with van der Waals surface area (Å²) in [6, 6.07) is 14.2. The Morgan fingerprint density at radius 1 is 1.00 bits per heavy atom. The zero-order valence-electron chi connectivity index (χ0n) is 17.9. The Morgan fingerprint density at radius 2 is 1.65 bits per heavy atom. The Morgan fingerprint density at radius 3 is 2.23 bits per heavy atom. The van der Waals surface area contributed by atoms with E-state index >= 15 is 0 Å². The Kier molecular flexibility index (Phi) is 6.39. The van der Waals surface area contributed by atoms with E-state index in [1.165, 1.54) is 4.90 Å².